The zero-order valence-electron chi connectivity index (χ0n) is 43.7. The van der Waals surface area contributed by atoms with E-state index in [1.54, 1.807) is 92.3 Å². The van der Waals surface area contributed by atoms with Gasteiger partial charge in [-0.15, -0.1) is 19.7 Å². The van der Waals surface area contributed by atoms with Gasteiger partial charge in [0.15, 0.2) is 23.2 Å². The summed E-state index contributed by atoms with van der Waals surface area (Å²) in [4.78, 5) is 88.7. The van der Waals surface area contributed by atoms with Crippen molar-refractivity contribution in [3.05, 3.63) is 170 Å². The molecule has 0 atom stereocenters. The molecule has 0 radical (unpaired) electrons. The third kappa shape index (κ3) is 54.5. The van der Waals surface area contributed by atoms with Crippen LogP contribution in [0.2, 0.25) is 35.4 Å². The van der Waals surface area contributed by atoms with Gasteiger partial charge in [-0.2, -0.15) is 84.4 Å². The molecule has 0 aliphatic carbocycles. The van der Waals surface area contributed by atoms with Gasteiger partial charge >= 0.3 is 94.0 Å². The summed E-state index contributed by atoms with van der Waals surface area (Å²) in [5, 5.41) is 51.2. The van der Waals surface area contributed by atoms with Gasteiger partial charge in [0.2, 0.25) is 9.23 Å². The fourth-order valence-corrected chi connectivity index (χ4v) is 5.18. The third-order valence-corrected chi connectivity index (χ3v) is 8.70. The molecule has 30 nitrogen and oxygen atoms in total. The quantitative estimate of drug-likeness (QED) is 0.0810. The fourth-order valence-electron chi connectivity index (χ4n) is 3.89. The topological polar surface area (TPSA) is 435 Å². The summed E-state index contributed by atoms with van der Waals surface area (Å²) in [6.07, 6.45) is 23.0. The van der Waals surface area contributed by atoms with Gasteiger partial charge in [-0.25, -0.2) is 29.1 Å². The number of ether oxygens (including phenoxy) is 1. The molecule has 0 amide bonds. The maximum atomic E-state index is 9.09. The van der Waals surface area contributed by atoms with Crippen LogP contribution in [-0.2, 0) is 47.6 Å². The van der Waals surface area contributed by atoms with Crippen LogP contribution in [0.3, 0.4) is 0 Å². The Balaban J connectivity index is -0.000000100. The minimum atomic E-state index is -1.67. The van der Waals surface area contributed by atoms with E-state index in [0.717, 1.165) is 18.2 Å². The maximum absolute atomic E-state index is 9.09. The Morgan fingerprint density at radius 3 is 1.14 bits per heavy atom. The monoisotopic (exact) mass is 1760 g/mol. The molecule has 0 saturated carbocycles. The van der Waals surface area contributed by atoms with Crippen LogP contribution in [0.5, 0.6) is 5.75 Å². The number of halogens is 15. The summed E-state index contributed by atoms with van der Waals surface area (Å²) in [7, 11) is 8.36. The standard InChI is InChI=1S/C8H4ClN5O.C8H7ClN4.C7H5ClN4.C6H5Cl2N.C5H3Cl2N.C2H3N3.4CO2.CH4O.Cl2OS.F2.FH.I3.Li.H2O.2H2/c9-7-3-6(15-5-10)4-11-8(7)14-12-1-2-13-14;1-6-4-7(9)8(10-5-6)13-11-2-3-12-13;8-6-2-1-3-9-7(6)12-10-4-5-11-12;1-4-2-5(7)6(8)9-3-4;6-4-2-1-3-8-5(4)7;1-2-4-5-3-1;4*2-1-3;1-2;1-4(2)3;1-2;;1-3-2;;;;/h1-4H;2-5H,1H3;1-5H;2-3H,1H3;1-3H;1-2H,(H,3,4,5);;;;;2H,1H3;;;1H;;;1H2;2*1H/q;;;;;;;;;;;;;;-1;+1;;;/p-1. The van der Waals surface area contributed by atoms with Crippen LogP contribution in [0.15, 0.2) is 123 Å². The summed E-state index contributed by atoms with van der Waals surface area (Å²) in [5.74, 6) is 1.76. The molecule has 9 heterocycles. The minimum absolute atomic E-state index is 0. The number of pyridine rings is 5. The van der Waals surface area contributed by atoms with Crippen LogP contribution in [0.1, 0.15) is 14.0 Å². The first-order valence-corrected chi connectivity index (χ1v) is 37.8. The molecule has 9 rings (SSSR count). The van der Waals surface area contributed by atoms with E-state index in [2.05, 4.69) is 134 Å². The van der Waals surface area contributed by atoms with Gasteiger partial charge in [-0.05, 0) is 61.4 Å². The van der Waals surface area contributed by atoms with Crippen LogP contribution in [-0.4, -0.2) is 132 Å². The number of hydrogen-bond acceptors (Lipinski definition) is 26. The first-order valence-electron chi connectivity index (χ1n) is 19.8. The number of carbonyl (C=O) groups excluding carboxylic acids is 8. The van der Waals surface area contributed by atoms with Crippen molar-refractivity contribution in [2.45, 2.75) is 13.8 Å². The van der Waals surface area contributed by atoms with Gasteiger partial charge in [0.05, 0.1) is 80.9 Å². The number of aliphatic hydroxyl groups is 1. The van der Waals surface area contributed by atoms with Crippen LogP contribution < -0.4 is 36.9 Å². The van der Waals surface area contributed by atoms with Crippen molar-refractivity contribution in [1.82, 2.24) is 85.3 Å². The Bertz CT molecular complexity index is 3250. The Morgan fingerprint density at radius 2 is 0.864 bits per heavy atom. The van der Waals surface area contributed by atoms with Gasteiger partial charge in [0, 0.05) is 71.3 Å². The molecule has 3 N–H and O–H groups in total. The summed E-state index contributed by atoms with van der Waals surface area (Å²) < 4.78 is 29.7. The van der Waals surface area contributed by atoms with Crippen molar-refractivity contribution in [3.8, 4) is 29.5 Å². The second-order valence-corrected chi connectivity index (χ2v) is 33.1. The number of aromatic nitrogens is 17. The SMILES string of the molecule is CO.Cc1cnc(-n2nccn2)c(Cl)c1.Cc1cnc(Cl)c(Cl)c1.Clc1cccnc1-n1nccn1.Clc1cccnc1Cl.F.FF.I[I-]I.N#COc1cnc(-n2nccn2)c(Cl)c1.O=C=O.O=C=O.O=C=O.O=C=O.O=S(Cl)Cl.[HH].[HH].[Li+].[OH-].c1cn[nH]n1. The first kappa shape index (κ1) is 98.6. The zero-order chi connectivity index (χ0) is 65.8. The van der Waals surface area contributed by atoms with E-state index in [1.165, 1.54) is 45.3 Å². The van der Waals surface area contributed by atoms with Crippen molar-refractivity contribution >= 4 is 174 Å². The maximum Gasteiger partial charge on any atom is 1.00 e. The molecule has 0 unspecified atom stereocenters. The Hall–Kier alpha value is -5.62. The number of hydrogen-bond donors (Lipinski definition) is 2. The first-order chi connectivity index (χ1) is 40.8. The van der Waals surface area contributed by atoms with Crippen LogP contribution in [0, 0.1) is 25.4 Å². The summed E-state index contributed by atoms with van der Waals surface area (Å²) >= 11 is 45.2. The molecule has 0 bridgehead atoms. The second-order valence-electron chi connectivity index (χ2n) is 11.5. The van der Waals surface area contributed by atoms with Gasteiger partial charge < -0.3 is 15.3 Å². The average molecular weight is 1770 g/mol. The number of H-pyrrole nitrogens is 1. The molecule has 476 valence electrons. The molecule has 88 heavy (non-hydrogen) atoms. The van der Waals surface area contributed by atoms with Crippen molar-refractivity contribution in [1.29, 1.82) is 5.26 Å². The molecule has 0 aromatic carbocycles. The van der Waals surface area contributed by atoms with E-state index in [4.69, 9.17) is 143 Å². The van der Waals surface area contributed by atoms with Crippen LogP contribution in [0.4, 0.5) is 13.9 Å². The third-order valence-electron chi connectivity index (χ3n) is 6.46. The van der Waals surface area contributed by atoms with Crippen LogP contribution >= 0.6 is 140 Å². The Morgan fingerprint density at radius 1 is 0.557 bits per heavy atom. The van der Waals surface area contributed by atoms with Gasteiger partial charge in [0.25, 0.3) is 6.26 Å². The predicted molar refractivity (Wildman–Crippen MR) is 320 cm³/mol. The number of nitrogens with one attached hydrogen (secondary N) is 1. The van der Waals surface area contributed by atoms with Crippen LogP contribution in [0.25, 0.3) is 17.5 Å². The fraction of sp³-hybridized carbons (Fsp3) is 0.0732. The summed E-state index contributed by atoms with van der Waals surface area (Å²) in [5.41, 5.74) is 2.03. The molecule has 0 aliphatic rings. The zero-order valence-corrected chi connectivity index (χ0v) is 57.8. The van der Waals surface area contributed by atoms with E-state index < -0.39 is 9.23 Å². The molecule has 9 aromatic heterocycles. The molecule has 0 spiro atoms. The molecular formula is C41H37Cl9F3I3LiN18O12S-. The van der Waals surface area contributed by atoms with E-state index >= 15 is 0 Å². The molecule has 0 saturated heterocycles. The number of aryl methyl sites for hydroxylation is 2. The minimum Gasteiger partial charge on any atom is -0.870 e. The average Bonchev–Trinajstić information content (AvgIpc) is 4.57. The van der Waals surface area contributed by atoms with E-state index in [0.29, 0.717) is 66.1 Å². The normalized spacial score (nSPS) is 7.97. The van der Waals surface area contributed by atoms with Crippen molar-refractivity contribution < 1.29 is 107 Å². The number of rotatable bonds is 4. The predicted octanol–water partition coefficient (Wildman–Crippen LogP) is 4.41. The number of nitrogens with zero attached hydrogens (tertiary/aromatic N) is 17. The van der Waals surface area contributed by atoms with Gasteiger partial charge in [0.1, 0.15) is 10.3 Å². The number of nitriles is 1. The summed E-state index contributed by atoms with van der Waals surface area (Å²) in [6.45, 7) is 3.84. The smallest absolute Gasteiger partial charge is 0.870 e. The van der Waals surface area contributed by atoms with Crippen molar-refractivity contribution in [2.75, 3.05) is 7.11 Å². The largest absolute Gasteiger partial charge is 1.00 e. The molecule has 47 heteroatoms. The Labute approximate surface area is 584 Å². The summed E-state index contributed by atoms with van der Waals surface area (Å²) in [6, 6.07) is 12.0. The molecule has 0 fully saturated rings. The molecule has 9 aromatic rings. The Kier molecular flexibility index (Phi) is 79.0. The number of aromatic amines is 1. The van der Waals surface area contributed by atoms with Gasteiger partial charge in [-0.3, -0.25) is 4.70 Å². The van der Waals surface area contributed by atoms with Crippen molar-refractivity contribution in [3.63, 3.8) is 0 Å². The van der Waals surface area contributed by atoms with Gasteiger partial charge in [-0.1, -0.05) is 81.2 Å². The van der Waals surface area contributed by atoms with E-state index in [9.17, 15) is 0 Å². The second kappa shape index (κ2) is 70.5. The number of aliphatic hydroxyl groups excluding tert-OH is 1. The van der Waals surface area contributed by atoms with Crippen molar-refractivity contribution in [2.24, 2.45) is 0 Å². The molecule has 0 aliphatic heterocycles. The molecular weight excluding hydrogens is 1730 g/mol. The van der Waals surface area contributed by atoms with E-state index in [-0.39, 0.29) is 62.2 Å². The van der Waals surface area contributed by atoms with E-state index in [1.807, 2.05) is 19.9 Å².